The summed E-state index contributed by atoms with van der Waals surface area (Å²) in [7, 11) is 0. The van der Waals surface area contributed by atoms with Gasteiger partial charge in [-0.15, -0.1) is 0 Å². The van der Waals surface area contributed by atoms with Crippen LogP contribution >= 0.6 is 0 Å². The van der Waals surface area contributed by atoms with Gasteiger partial charge in [-0.1, -0.05) is 0 Å². The summed E-state index contributed by atoms with van der Waals surface area (Å²) in [6.07, 6.45) is 0.377. The molecule has 70 valence electrons. The molecule has 0 rings (SSSR count). The summed E-state index contributed by atoms with van der Waals surface area (Å²) < 4.78 is 4.58. The first-order chi connectivity index (χ1) is 5.66. The van der Waals surface area contributed by atoms with E-state index in [1.807, 2.05) is 0 Å². The molecule has 0 unspecified atom stereocenters. The van der Waals surface area contributed by atoms with Crippen LogP contribution in [0.15, 0.2) is 0 Å². The standard InChI is InChI=1S/C7H14N2O3/c1-2-12-7(11)9-5-3-4-6(8)10/h2-5H2,1H3,(H2,8,10)(H,9,11). The Hall–Kier alpha value is -1.26. The second-order valence-corrected chi connectivity index (χ2v) is 2.22. The van der Waals surface area contributed by atoms with Gasteiger partial charge >= 0.3 is 6.09 Å². The quantitative estimate of drug-likeness (QED) is 0.575. The first-order valence-corrected chi connectivity index (χ1v) is 3.85. The fraction of sp³-hybridized carbons (Fsp3) is 0.714. The van der Waals surface area contributed by atoms with Crippen molar-refractivity contribution in [3.8, 4) is 0 Å². The van der Waals surface area contributed by atoms with Gasteiger partial charge in [0.2, 0.25) is 5.91 Å². The fourth-order valence-electron chi connectivity index (χ4n) is 0.635. The minimum atomic E-state index is -0.457. The first-order valence-electron chi connectivity index (χ1n) is 3.85. The number of alkyl carbamates (subject to hydrolysis) is 1. The van der Waals surface area contributed by atoms with Crippen molar-refractivity contribution in [3.05, 3.63) is 0 Å². The van der Waals surface area contributed by atoms with Crippen molar-refractivity contribution in [2.75, 3.05) is 13.2 Å². The summed E-state index contributed by atoms with van der Waals surface area (Å²) >= 11 is 0. The monoisotopic (exact) mass is 174 g/mol. The maximum Gasteiger partial charge on any atom is 0.407 e. The number of rotatable bonds is 5. The highest BCUT2D eigenvalue weighted by Crippen LogP contribution is 1.85. The zero-order valence-electron chi connectivity index (χ0n) is 7.13. The molecule has 0 aliphatic carbocycles. The van der Waals surface area contributed by atoms with Crippen LogP contribution in [0.2, 0.25) is 0 Å². The van der Waals surface area contributed by atoms with E-state index in [1.54, 1.807) is 6.92 Å². The van der Waals surface area contributed by atoms with Crippen LogP contribution in [0, 0.1) is 0 Å². The van der Waals surface area contributed by atoms with Crippen LogP contribution in [0.4, 0.5) is 4.79 Å². The summed E-state index contributed by atoms with van der Waals surface area (Å²) in [5.74, 6) is -0.361. The van der Waals surface area contributed by atoms with Gasteiger partial charge in [0.05, 0.1) is 6.61 Å². The highest BCUT2D eigenvalue weighted by atomic mass is 16.5. The number of nitrogens with two attached hydrogens (primary N) is 1. The molecule has 5 heteroatoms. The van der Waals surface area contributed by atoms with Gasteiger partial charge in [-0.25, -0.2) is 4.79 Å². The summed E-state index contributed by atoms with van der Waals surface area (Å²) in [5, 5.41) is 2.47. The average Bonchev–Trinajstić information content (AvgIpc) is 1.98. The van der Waals surface area contributed by atoms with Gasteiger partial charge in [-0.3, -0.25) is 4.79 Å². The van der Waals surface area contributed by atoms with Crippen LogP contribution in [-0.4, -0.2) is 25.2 Å². The third-order valence-electron chi connectivity index (χ3n) is 1.14. The fourth-order valence-corrected chi connectivity index (χ4v) is 0.635. The Morgan fingerprint density at radius 1 is 1.50 bits per heavy atom. The van der Waals surface area contributed by atoms with Crippen molar-refractivity contribution in [3.63, 3.8) is 0 Å². The minimum absolute atomic E-state index is 0.284. The maximum atomic E-state index is 10.6. The highest BCUT2D eigenvalue weighted by Gasteiger charge is 1.99. The molecule has 0 aliphatic rings. The molecular formula is C7H14N2O3. The number of hydrogen-bond donors (Lipinski definition) is 2. The van der Waals surface area contributed by atoms with E-state index in [4.69, 9.17) is 5.73 Å². The molecule has 5 nitrogen and oxygen atoms in total. The summed E-state index contributed by atoms with van der Waals surface area (Å²) in [5.41, 5.74) is 4.89. The lowest BCUT2D eigenvalue weighted by molar-refractivity contribution is -0.118. The van der Waals surface area contributed by atoms with Gasteiger partial charge in [0.15, 0.2) is 0 Å². The third-order valence-corrected chi connectivity index (χ3v) is 1.14. The molecule has 0 saturated carbocycles. The number of ether oxygens (including phenoxy) is 1. The predicted octanol–water partition coefficient (Wildman–Crippen LogP) is -0.00200. The number of nitrogens with one attached hydrogen (secondary N) is 1. The first kappa shape index (κ1) is 10.7. The van der Waals surface area contributed by atoms with Gasteiger partial charge < -0.3 is 15.8 Å². The molecule has 0 saturated heterocycles. The zero-order chi connectivity index (χ0) is 9.40. The van der Waals surface area contributed by atoms with Gasteiger partial charge in [0.25, 0.3) is 0 Å². The Labute approximate surface area is 71.3 Å². The molecule has 0 heterocycles. The molecule has 0 fully saturated rings. The van der Waals surface area contributed by atoms with Crippen LogP contribution in [-0.2, 0) is 9.53 Å². The van der Waals surface area contributed by atoms with E-state index in [0.29, 0.717) is 19.6 Å². The molecule has 0 radical (unpaired) electrons. The molecule has 0 bridgehead atoms. The Kier molecular flexibility index (Phi) is 5.77. The van der Waals surface area contributed by atoms with Crippen LogP contribution in [0.5, 0.6) is 0 Å². The SMILES string of the molecule is CCOC(=O)NCCCC(N)=O. The molecule has 0 aromatic heterocycles. The van der Waals surface area contributed by atoms with Crippen molar-refractivity contribution < 1.29 is 14.3 Å². The second-order valence-electron chi connectivity index (χ2n) is 2.22. The van der Waals surface area contributed by atoms with Crippen molar-refractivity contribution in [2.45, 2.75) is 19.8 Å². The van der Waals surface area contributed by atoms with Crippen molar-refractivity contribution in [2.24, 2.45) is 5.73 Å². The Bertz CT molecular complexity index is 159. The topological polar surface area (TPSA) is 81.4 Å². The van der Waals surface area contributed by atoms with E-state index in [1.165, 1.54) is 0 Å². The van der Waals surface area contributed by atoms with Crippen LogP contribution in [0.25, 0.3) is 0 Å². The third kappa shape index (κ3) is 6.85. The lowest BCUT2D eigenvalue weighted by Crippen LogP contribution is -2.26. The van der Waals surface area contributed by atoms with Gasteiger partial charge in [-0.05, 0) is 13.3 Å². The van der Waals surface area contributed by atoms with Crippen molar-refractivity contribution in [1.82, 2.24) is 5.32 Å². The lowest BCUT2D eigenvalue weighted by Gasteiger charge is -2.03. The molecule has 2 amide bonds. The molecule has 3 N–H and O–H groups in total. The normalized spacial score (nSPS) is 9.08. The Balaban J connectivity index is 3.19. The van der Waals surface area contributed by atoms with Crippen molar-refractivity contribution >= 4 is 12.0 Å². The van der Waals surface area contributed by atoms with Gasteiger partial charge in [0.1, 0.15) is 0 Å². The van der Waals surface area contributed by atoms with E-state index in [2.05, 4.69) is 10.1 Å². The predicted molar refractivity (Wildman–Crippen MR) is 43.5 cm³/mol. The molecule has 12 heavy (non-hydrogen) atoms. The van der Waals surface area contributed by atoms with Crippen molar-refractivity contribution in [1.29, 1.82) is 0 Å². The number of primary amides is 1. The molecule has 0 atom stereocenters. The summed E-state index contributed by atoms with van der Waals surface area (Å²) in [6, 6.07) is 0. The number of carbonyl (C=O) groups excluding carboxylic acids is 2. The Morgan fingerprint density at radius 3 is 2.67 bits per heavy atom. The van der Waals surface area contributed by atoms with Gasteiger partial charge in [-0.2, -0.15) is 0 Å². The van der Waals surface area contributed by atoms with E-state index in [9.17, 15) is 9.59 Å². The van der Waals surface area contributed by atoms with E-state index in [-0.39, 0.29) is 12.3 Å². The van der Waals surface area contributed by atoms with E-state index < -0.39 is 6.09 Å². The van der Waals surface area contributed by atoms with Crippen LogP contribution < -0.4 is 11.1 Å². The molecular weight excluding hydrogens is 160 g/mol. The van der Waals surface area contributed by atoms with E-state index in [0.717, 1.165) is 0 Å². The number of hydrogen-bond acceptors (Lipinski definition) is 3. The molecule has 0 aromatic rings. The average molecular weight is 174 g/mol. The largest absolute Gasteiger partial charge is 0.450 e. The smallest absolute Gasteiger partial charge is 0.407 e. The second kappa shape index (κ2) is 6.45. The highest BCUT2D eigenvalue weighted by molar-refractivity contribution is 5.73. The Morgan fingerprint density at radius 2 is 2.17 bits per heavy atom. The summed E-state index contributed by atoms with van der Waals surface area (Å²) in [6.45, 7) is 2.49. The van der Waals surface area contributed by atoms with E-state index >= 15 is 0 Å². The summed E-state index contributed by atoms with van der Waals surface area (Å²) in [4.78, 5) is 20.9. The molecule has 0 aromatic carbocycles. The van der Waals surface area contributed by atoms with Gasteiger partial charge in [0, 0.05) is 13.0 Å². The zero-order valence-corrected chi connectivity index (χ0v) is 7.13. The maximum absolute atomic E-state index is 10.6. The lowest BCUT2D eigenvalue weighted by atomic mass is 10.3. The molecule has 0 aliphatic heterocycles. The number of amides is 2. The van der Waals surface area contributed by atoms with Crippen LogP contribution in [0.3, 0.4) is 0 Å². The molecule has 0 spiro atoms. The number of carbonyl (C=O) groups is 2. The minimum Gasteiger partial charge on any atom is -0.450 e. The van der Waals surface area contributed by atoms with Crippen LogP contribution in [0.1, 0.15) is 19.8 Å².